The van der Waals surface area contributed by atoms with Gasteiger partial charge in [0.25, 0.3) is 0 Å². The number of hydrogen-bond acceptors (Lipinski definition) is 4. The van der Waals surface area contributed by atoms with Gasteiger partial charge in [0, 0.05) is 23.4 Å². The number of hydrogen-bond donors (Lipinski definition) is 1. The molecule has 0 aromatic rings. The summed E-state index contributed by atoms with van der Waals surface area (Å²) in [6.45, 7) is 9.52. The standard InChI is InChI=1S/C12H23N3O3/c1-7(6-16)10-8(2)11(9(3)14-15-13)18-12(4,5)17-10/h7-11,16H,6H2,1-5H3/t7-,8+,9-,10-,11+/m1/s1. The lowest BCUT2D eigenvalue weighted by Crippen LogP contribution is -2.55. The third-order valence-corrected chi connectivity index (χ3v) is 3.43. The van der Waals surface area contributed by atoms with Crippen LogP contribution in [0.2, 0.25) is 0 Å². The van der Waals surface area contributed by atoms with Crippen molar-refractivity contribution in [2.75, 3.05) is 6.61 Å². The monoisotopic (exact) mass is 257 g/mol. The molecule has 1 aliphatic rings. The number of ether oxygens (including phenoxy) is 2. The maximum Gasteiger partial charge on any atom is 0.163 e. The zero-order valence-electron chi connectivity index (χ0n) is 11.7. The molecule has 0 aliphatic carbocycles. The van der Waals surface area contributed by atoms with Gasteiger partial charge in [-0.05, 0) is 19.4 Å². The van der Waals surface area contributed by atoms with Gasteiger partial charge in [-0.15, -0.1) is 0 Å². The fourth-order valence-electron chi connectivity index (χ4n) is 2.51. The predicted molar refractivity (Wildman–Crippen MR) is 67.8 cm³/mol. The van der Waals surface area contributed by atoms with E-state index in [1.165, 1.54) is 0 Å². The van der Waals surface area contributed by atoms with E-state index in [0.717, 1.165) is 0 Å². The van der Waals surface area contributed by atoms with Crippen LogP contribution in [-0.4, -0.2) is 35.8 Å². The second-order valence-electron chi connectivity index (χ2n) is 5.53. The summed E-state index contributed by atoms with van der Waals surface area (Å²) >= 11 is 0. The first-order valence-electron chi connectivity index (χ1n) is 6.33. The Kier molecular flexibility index (Phi) is 4.99. The van der Waals surface area contributed by atoms with Crippen molar-refractivity contribution >= 4 is 0 Å². The van der Waals surface area contributed by atoms with E-state index in [2.05, 4.69) is 10.0 Å². The molecule has 0 aromatic heterocycles. The Balaban J connectivity index is 2.93. The average molecular weight is 257 g/mol. The Morgan fingerprint density at radius 2 is 1.89 bits per heavy atom. The number of rotatable bonds is 4. The molecule has 1 aliphatic heterocycles. The van der Waals surface area contributed by atoms with Gasteiger partial charge in [-0.1, -0.05) is 25.9 Å². The topological polar surface area (TPSA) is 87.5 Å². The van der Waals surface area contributed by atoms with E-state index in [0.29, 0.717) is 0 Å². The van der Waals surface area contributed by atoms with Gasteiger partial charge in [-0.25, -0.2) is 0 Å². The van der Waals surface area contributed by atoms with Crippen LogP contribution in [0.15, 0.2) is 5.11 Å². The molecule has 6 nitrogen and oxygen atoms in total. The molecule has 0 spiro atoms. The van der Waals surface area contributed by atoms with E-state index in [-0.39, 0.29) is 36.7 Å². The molecule has 5 atom stereocenters. The second kappa shape index (κ2) is 5.89. The van der Waals surface area contributed by atoms with Crippen molar-refractivity contribution in [2.45, 2.75) is 58.7 Å². The largest absolute Gasteiger partial charge is 0.396 e. The highest BCUT2D eigenvalue weighted by Gasteiger charge is 2.44. The van der Waals surface area contributed by atoms with Crippen LogP contribution in [0.3, 0.4) is 0 Å². The lowest BCUT2D eigenvalue weighted by Gasteiger charge is -2.47. The molecule has 0 amide bonds. The lowest BCUT2D eigenvalue weighted by atomic mass is 9.85. The van der Waals surface area contributed by atoms with E-state index in [1.54, 1.807) is 0 Å². The summed E-state index contributed by atoms with van der Waals surface area (Å²) in [4.78, 5) is 2.84. The van der Waals surface area contributed by atoms with Crippen molar-refractivity contribution in [2.24, 2.45) is 17.0 Å². The van der Waals surface area contributed by atoms with Crippen molar-refractivity contribution in [3.05, 3.63) is 10.4 Å². The first-order chi connectivity index (χ1) is 8.32. The lowest BCUT2D eigenvalue weighted by molar-refractivity contribution is -0.330. The van der Waals surface area contributed by atoms with Crippen LogP contribution in [0.4, 0.5) is 0 Å². The second-order valence-corrected chi connectivity index (χ2v) is 5.53. The summed E-state index contributed by atoms with van der Waals surface area (Å²) in [6.07, 6.45) is -0.316. The predicted octanol–water partition coefficient (Wildman–Crippen LogP) is 2.47. The molecule has 0 unspecified atom stereocenters. The molecule has 6 heteroatoms. The zero-order valence-corrected chi connectivity index (χ0v) is 11.7. The Morgan fingerprint density at radius 3 is 2.39 bits per heavy atom. The molecule has 1 heterocycles. The Hall–Kier alpha value is -0.810. The van der Waals surface area contributed by atoms with E-state index in [1.807, 2.05) is 34.6 Å². The Morgan fingerprint density at radius 1 is 1.33 bits per heavy atom. The Labute approximate surface area is 108 Å². The summed E-state index contributed by atoms with van der Waals surface area (Å²) in [6, 6.07) is -0.262. The number of aliphatic hydroxyl groups excluding tert-OH is 1. The van der Waals surface area contributed by atoms with Crippen molar-refractivity contribution in [1.29, 1.82) is 0 Å². The van der Waals surface area contributed by atoms with Crippen molar-refractivity contribution in [3.63, 3.8) is 0 Å². The molecule has 1 rings (SSSR count). The van der Waals surface area contributed by atoms with Gasteiger partial charge >= 0.3 is 0 Å². The third-order valence-electron chi connectivity index (χ3n) is 3.43. The minimum atomic E-state index is -0.732. The van der Waals surface area contributed by atoms with Crippen LogP contribution >= 0.6 is 0 Å². The molecule has 1 fully saturated rings. The van der Waals surface area contributed by atoms with Crippen LogP contribution < -0.4 is 0 Å². The van der Waals surface area contributed by atoms with Gasteiger partial charge in [0.2, 0.25) is 0 Å². The summed E-state index contributed by atoms with van der Waals surface area (Å²) < 4.78 is 11.7. The maximum absolute atomic E-state index is 9.30. The van der Waals surface area contributed by atoms with Crippen LogP contribution in [0, 0.1) is 11.8 Å². The van der Waals surface area contributed by atoms with Gasteiger partial charge in [-0.3, -0.25) is 0 Å². The molecular weight excluding hydrogens is 234 g/mol. The van der Waals surface area contributed by atoms with Gasteiger partial charge in [0.05, 0.1) is 18.2 Å². The van der Waals surface area contributed by atoms with Crippen molar-refractivity contribution < 1.29 is 14.6 Å². The molecule has 1 saturated heterocycles. The van der Waals surface area contributed by atoms with Gasteiger partial charge in [0.1, 0.15) is 0 Å². The maximum atomic E-state index is 9.30. The first kappa shape index (κ1) is 15.2. The zero-order chi connectivity index (χ0) is 13.9. The smallest absolute Gasteiger partial charge is 0.163 e. The molecule has 0 bridgehead atoms. The van der Waals surface area contributed by atoms with Gasteiger partial charge in [-0.2, -0.15) is 0 Å². The van der Waals surface area contributed by atoms with Crippen LogP contribution in [0.25, 0.3) is 10.4 Å². The third kappa shape index (κ3) is 3.36. The fraction of sp³-hybridized carbons (Fsp3) is 1.00. The first-order valence-corrected chi connectivity index (χ1v) is 6.33. The Bertz CT molecular complexity index is 329. The molecule has 0 aromatic carbocycles. The highest BCUT2D eigenvalue weighted by Crippen LogP contribution is 2.36. The SMILES string of the molecule is C[C@H]1[C@@H]([C@H](C)CO)OC(C)(C)O[C@@H]1[C@@H](C)N=[N+]=[N-]. The van der Waals surface area contributed by atoms with Gasteiger partial charge in [0.15, 0.2) is 5.79 Å². The van der Waals surface area contributed by atoms with E-state index < -0.39 is 5.79 Å². The fourth-order valence-corrected chi connectivity index (χ4v) is 2.51. The summed E-state index contributed by atoms with van der Waals surface area (Å²) in [5.41, 5.74) is 8.54. The van der Waals surface area contributed by atoms with E-state index in [9.17, 15) is 5.11 Å². The van der Waals surface area contributed by atoms with Gasteiger partial charge < -0.3 is 14.6 Å². The molecule has 1 N–H and O–H groups in total. The van der Waals surface area contributed by atoms with E-state index in [4.69, 9.17) is 15.0 Å². The van der Waals surface area contributed by atoms with Crippen LogP contribution in [-0.2, 0) is 9.47 Å². The normalized spacial score (nSPS) is 34.4. The number of aliphatic hydroxyl groups is 1. The van der Waals surface area contributed by atoms with E-state index >= 15 is 0 Å². The highest BCUT2D eigenvalue weighted by atomic mass is 16.7. The average Bonchev–Trinajstić information content (AvgIpc) is 2.31. The number of azide groups is 1. The summed E-state index contributed by atoms with van der Waals surface area (Å²) in [5.74, 6) is -0.658. The van der Waals surface area contributed by atoms with Crippen LogP contribution in [0.1, 0.15) is 34.6 Å². The number of nitrogens with zero attached hydrogens (tertiary/aromatic N) is 3. The minimum Gasteiger partial charge on any atom is -0.396 e. The molecule has 0 radical (unpaired) electrons. The molecule has 18 heavy (non-hydrogen) atoms. The summed E-state index contributed by atoms with van der Waals surface area (Å²) in [5, 5.41) is 13.0. The van der Waals surface area contributed by atoms with Crippen molar-refractivity contribution in [3.8, 4) is 0 Å². The van der Waals surface area contributed by atoms with Crippen molar-refractivity contribution in [1.82, 2.24) is 0 Å². The molecule has 0 saturated carbocycles. The minimum absolute atomic E-state index is 0.0175. The summed E-state index contributed by atoms with van der Waals surface area (Å²) in [7, 11) is 0. The van der Waals surface area contributed by atoms with Crippen LogP contribution in [0.5, 0.6) is 0 Å². The quantitative estimate of drug-likeness (QED) is 0.476. The highest BCUT2D eigenvalue weighted by molar-refractivity contribution is 4.90. The molecular formula is C12H23N3O3. The molecule has 104 valence electrons.